The molecule has 0 saturated carbocycles. The number of aliphatic imine (C=N–C) groups is 2. The maximum atomic E-state index is 11.4. The molecule has 0 bridgehead atoms. The van der Waals surface area contributed by atoms with Crippen LogP contribution in [0, 0.1) is 0 Å². The molecule has 0 amide bonds. The average Bonchev–Trinajstić information content (AvgIpc) is 3.23. The number of carbonyl (C=O) groups is 2. The van der Waals surface area contributed by atoms with Crippen LogP contribution in [-0.2, 0) is 9.47 Å². The Morgan fingerprint density at radius 3 is 1.41 bits per heavy atom. The van der Waals surface area contributed by atoms with Gasteiger partial charge in [0.25, 0.3) is 0 Å². The van der Waals surface area contributed by atoms with Crippen molar-refractivity contribution in [3.63, 3.8) is 0 Å². The molecule has 0 N–H and O–H groups in total. The summed E-state index contributed by atoms with van der Waals surface area (Å²) in [5, 5.41) is 0. The Hall–Kier alpha value is -4.00. The molecule has 0 unspecified atom stereocenters. The molecule has 1 aromatic heterocycles. The molecule has 0 atom stereocenters. The second kappa shape index (κ2) is 9.27. The van der Waals surface area contributed by atoms with Crippen molar-refractivity contribution in [3.8, 4) is 0 Å². The standard InChI is InChI=1S/C22H18N2O5/c1-27-21(25)15-3-7-17(8-4-15)23-13-19-11-12-20(29-19)14-24-18-9-5-16(6-10-18)22(26)28-2/h3-14H,1-2H3. The lowest BCUT2D eigenvalue weighted by Gasteiger charge is -1.99. The van der Waals surface area contributed by atoms with E-state index in [1.54, 1.807) is 73.1 Å². The predicted molar refractivity (Wildman–Crippen MR) is 109 cm³/mol. The van der Waals surface area contributed by atoms with Gasteiger partial charge in [-0.2, -0.15) is 0 Å². The zero-order valence-corrected chi connectivity index (χ0v) is 15.9. The molecule has 0 radical (unpaired) electrons. The summed E-state index contributed by atoms with van der Waals surface area (Å²) in [6.07, 6.45) is 3.16. The van der Waals surface area contributed by atoms with Gasteiger partial charge in [0.1, 0.15) is 11.5 Å². The molecule has 29 heavy (non-hydrogen) atoms. The summed E-state index contributed by atoms with van der Waals surface area (Å²) in [6.45, 7) is 0. The van der Waals surface area contributed by atoms with Gasteiger partial charge in [-0.25, -0.2) is 9.59 Å². The van der Waals surface area contributed by atoms with E-state index in [-0.39, 0.29) is 0 Å². The third-order valence-corrected chi connectivity index (χ3v) is 3.91. The van der Waals surface area contributed by atoms with Gasteiger partial charge in [0.2, 0.25) is 0 Å². The molecule has 0 aliphatic carbocycles. The highest BCUT2D eigenvalue weighted by molar-refractivity contribution is 5.90. The van der Waals surface area contributed by atoms with Crippen LogP contribution in [0.2, 0.25) is 0 Å². The van der Waals surface area contributed by atoms with Crippen LogP contribution in [0.4, 0.5) is 11.4 Å². The van der Waals surface area contributed by atoms with Crippen LogP contribution in [0.3, 0.4) is 0 Å². The minimum Gasteiger partial charge on any atom is -0.465 e. The van der Waals surface area contributed by atoms with Crippen LogP contribution in [0.15, 0.2) is 75.1 Å². The van der Waals surface area contributed by atoms with Gasteiger partial charge in [0.05, 0.1) is 49.2 Å². The van der Waals surface area contributed by atoms with E-state index in [4.69, 9.17) is 4.42 Å². The first kappa shape index (κ1) is 19.8. The third kappa shape index (κ3) is 5.26. The molecule has 3 rings (SSSR count). The van der Waals surface area contributed by atoms with E-state index in [0.29, 0.717) is 34.0 Å². The molecule has 146 valence electrons. The van der Waals surface area contributed by atoms with Gasteiger partial charge in [-0.05, 0) is 60.7 Å². The first-order chi connectivity index (χ1) is 14.1. The molecule has 0 spiro atoms. The lowest BCUT2D eigenvalue weighted by Crippen LogP contribution is -1.99. The number of furan rings is 1. The second-order valence-corrected chi connectivity index (χ2v) is 5.83. The largest absolute Gasteiger partial charge is 0.465 e. The first-order valence-corrected chi connectivity index (χ1v) is 8.64. The summed E-state index contributed by atoms with van der Waals surface area (Å²) in [5.41, 5.74) is 2.27. The number of esters is 2. The fraction of sp³-hybridized carbons (Fsp3) is 0.0909. The lowest BCUT2D eigenvalue weighted by atomic mass is 10.2. The molecule has 3 aromatic rings. The Morgan fingerprint density at radius 2 is 1.07 bits per heavy atom. The van der Waals surface area contributed by atoms with Gasteiger partial charge in [-0.15, -0.1) is 0 Å². The Bertz CT molecular complexity index is 964. The molecule has 7 nitrogen and oxygen atoms in total. The van der Waals surface area contributed by atoms with Gasteiger partial charge in [0.15, 0.2) is 0 Å². The molecular formula is C22H18N2O5. The van der Waals surface area contributed by atoms with Crippen LogP contribution in [0.1, 0.15) is 32.2 Å². The Morgan fingerprint density at radius 1 is 0.690 bits per heavy atom. The number of methoxy groups -OCH3 is 2. The van der Waals surface area contributed by atoms with Crippen LogP contribution < -0.4 is 0 Å². The third-order valence-electron chi connectivity index (χ3n) is 3.91. The summed E-state index contributed by atoms with van der Waals surface area (Å²) in [4.78, 5) is 31.5. The van der Waals surface area contributed by atoms with E-state index in [9.17, 15) is 9.59 Å². The van der Waals surface area contributed by atoms with E-state index in [0.717, 1.165) is 0 Å². The van der Waals surface area contributed by atoms with Gasteiger partial charge in [-0.1, -0.05) is 0 Å². The Balaban J connectivity index is 1.63. The monoisotopic (exact) mass is 390 g/mol. The van der Waals surface area contributed by atoms with Gasteiger partial charge in [0, 0.05) is 0 Å². The minimum absolute atomic E-state index is 0.393. The van der Waals surface area contributed by atoms with Crippen LogP contribution in [0.25, 0.3) is 0 Å². The molecule has 0 fully saturated rings. The zero-order valence-electron chi connectivity index (χ0n) is 15.9. The normalized spacial score (nSPS) is 11.1. The van der Waals surface area contributed by atoms with Crippen molar-refractivity contribution in [1.82, 2.24) is 0 Å². The van der Waals surface area contributed by atoms with Gasteiger partial charge >= 0.3 is 11.9 Å². The van der Waals surface area contributed by atoms with Crippen molar-refractivity contribution < 1.29 is 23.5 Å². The van der Waals surface area contributed by atoms with E-state index in [1.807, 2.05) is 0 Å². The quantitative estimate of drug-likeness (QED) is 0.461. The highest BCUT2D eigenvalue weighted by Crippen LogP contribution is 2.16. The topological polar surface area (TPSA) is 90.5 Å². The molecule has 7 heteroatoms. The molecule has 2 aromatic carbocycles. The van der Waals surface area contributed by atoms with Crippen molar-refractivity contribution in [2.75, 3.05) is 14.2 Å². The van der Waals surface area contributed by atoms with Crippen molar-refractivity contribution in [2.45, 2.75) is 0 Å². The molecule has 0 aliphatic heterocycles. The second-order valence-electron chi connectivity index (χ2n) is 5.83. The molecule has 0 saturated heterocycles. The van der Waals surface area contributed by atoms with Crippen molar-refractivity contribution in [3.05, 3.63) is 83.3 Å². The van der Waals surface area contributed by atoms with E-state index in [2.05, 4.69) is 19.5 Å². The SMILES string of the molecule is COC(=O)c1ccc(N=Cc2ccc(C=Nc3ccc(C(=O)OC)cc3)o2)cc1. The lowest BCUT2D eigenvalue weighted by molar-refractivity contribution is 0.0592. The van der Waals surface area contributed by atoms with E-state index in [1.165, 1.54) is 14.2 Å². The smallest absolute Gasteiger partial charge is 0.337 e. The molecular weight excluding hydrogens is 372 g/mol. The highest BCUT2D eigenvalue weighted by atomic mass is 16.5. The number of nitrogens with zero attached hydrogens (tertiary/aromatic N) is 2. The van der Waals surface area contributed by atoms with Crippen LogP contribution in [-0.4, -0.2) is 38.6 Å². The van der Waals surface area contributed by atoms with E-state index < -0.39 is 11.9 Å². The fourth-order valence-electron chi connectivity index (χ4n) is 2.39. The number of carbonyl (C=O) groups excluding carboxylic acids is 2. The van der Waals surface area contributed by atoms with Gasteiger partial charge < -0.3 is 13.9 Å². The Kier molecular flexibility index (Phi) is 6.32. The molecule has 0 aliphatic rings. The number of benzene rings is 2. The van der Waals surface area contributed by atoms with Crippen molar-refractivity contribution in [1.29, 1.82) is 0 Å². The van der Waals surface area contributed by atoms with Crippen LogP contribution >= 0.6 is 0 Å². The Labute approximate surface area is 167 Å². The number of rotatable bonds is 6. The van der Waals surface area contributed by atoms with E-state index >= 15 is 0 Å². The fourth-order valence-corrected chi connectivity index (χ4v) is 2.39. The summed E-state index contributed by atoms with van der Waals surface area (Å²) in [6, 6.07) is 17.0. The first-order valence-electron chi connectivity index (χ1n) is 8.64. The molecule has 1 heterocycles. The highest BCUT2D eigenvalue weighted by Gasteiger charge is 2.05. The number of ether oxygens (including phenoxy) is 2. The predicted octanol–water partition coefficient (Wildman–Crippen LogP) is 4.35. The minimum atomic E-state index is -0.393. The summed E-state index contributed by atoms with van der Waals surface area (Å²) in [7, 11) is 2.67. The maximum absolute atomic E-state index is 11.4. The van der Waals surface area contributed by atoms with Crippen LogP contribution in [0.5, 0.6) is 0 Å². The summed E-state index contributed by atoms with van der Waals surface area (Å²) < 4.78 is 15.0. The van der Waals surface area contributed by atoms with Crippen molar-refractivity contribution >= 4 is 35.7 Å². The maximum Gasteiger partial charge on any atom is 0.337 e. The zero-order chi connectivity index (χ0) is 20.6. The number of hydrogen-bond donors (Lipinski definition) is 0. The van der Waals surface area contributed by atoms with Crippen molar-refractivity contribution in [2.24, 2.45) is 9.98 Å². The summed E-state index contributed by atoms with van der Waals surface area (Å²) >= 11 is 0. The number of hydrogen-bond acceptors (Lipinski definition) is 7. The average molecular weight is 390 g/mol. The summed E-state index contributed by atoms with van der Waals surface area (Å²) in [5.74, 6) is 0.333. The van der Waals surface area contributed by atoms with Gasteiger partial charge in [-0.3, -0.25) is 9.98 Å².